The number of nitrogens with zero attached hydrogens (tertiary/aromatic N) is 2. The van der Waals surface area contributed by atoms with E-state index in [1.807, 2.05) is 4.90 Å². The van der Waals surface area contributed by atoms with Gasteiger partial charge in [0.15, 0.2) is 0 Å². The zero-order chi connectivity index (χ0) is 22.8. The van der Waals surface area contributed by atoms with Gasteiger partial charge in [0.1, 0.15) is 10.7 Å². The van der Waals surface area contributed by atoms with E-state index in [9.17, 15) is 14.4 Å². The van der Waals surface area contributed by atoms with Crippen LogP contribution in [0.25, 0.3) is 0 Å². The van der Waals surface area contributed by atoms with Gasteiger partial charge < -0.3 is 10.2 Å². The highest BCUT2D eigenvalue weighted by Gasteiger charge is 2.40. The lowest BCUT2D eigenvalue weighted by molar-refractivity contribution is -0.120. The highest BCUT2D eigenvalue weighted by atomic mass is 35.5. The van der Waals surface area contributed by atoms with Gasteiger partial charge in [-0.1, -0.05) is 59.8 Å². The van der Waals surface area contributed by atoms with E-state index in [0.29, 0.717) is 11.3 Å². The number of imide groups is 1. The van der Waals surface area contributed by atoms with Gasteiger partial charge in [0.2, 0.25) is 0 Å². The molecule has 2 aliphatic heterocycles. The van der Waals surface area contributed by atoms with Gasteiger partial charge in [-0.15, -0.1) is 0 Å². The topological polar surface area (TPSA) is 69.7 Å². The predicted molar refractivity (Wildman–Crippen MR) is 126 cm³/mol. The highest BCUT2D eigenvalue weighted by molar-refractivity contribution is 6.54. The second-order valence-corrected chi connectivity index (χ2v) is 8.78. The van der Waals surface area contributed by atoms with Crippen LogP contribution in [0, 0.1) is 0 Å². The molecule has 2 heterocycles. The first kappa shape index (κ1) is 22.6. The lowest BCUT2D eigenvalue weighted by Gasteiger charge is -2.20. The third-order valence-electron chi connectivity index (χ3n) is 5.47. The molecular weight excluding hydrogens is 473 g/mol. The number of rotatable bonds is 4. The van der Waals surface area contributed by atoms with Crippen molar-refractivity contribution in [2.75, 3.05) is 23.3 Å². The summed E-state index contributed by atoms with van der Waals surface area (Å²) in [6, 6.07) is 11.4. The van der Waals surface area contributed by atoms with Gasteiger partial charge >= 0.3 is 0 Å². The maximum absolute atomic E-state index is 13.0. The maximum atomic E-state index is 13.0. The third kappa shape index (κ3) is 4.35. The quantitative estimate of drug-likeness (QED) is 0.577. The molecule has 0 spiro atoms. The Morgan fingerprint density at radius 1 is 0.875 bits per heavy atom. The summed E-state index contributed by atoms with van der Waals surface area (Å²) in [5.74, 6) is -1.43. The molecule has 4 rings (SSSR count). The molecule has 0 atom stereocenters. The number of hydrogen-bond acceptors (Lipinski definition) is 4. The fraction of sp³-hybridized carbons (Fsp3) is 0.261. The van der Waals surface area contributed by atoms with E-state index >= 15 is 0 Å². The summed E-state index contributed by atoms with van der Waals surface area (Å²) < 4.78 is 0. The lowest BCUT2D eigenvalue weighted by Crippen LogP contribution is -2.32. The largest absolute Gasteiger partial charge is 0.350 e. The Labute approximate surface area is 200 Å². The van der Waals surface area contributed by atoms with Crippen molar-refractivity contribution in [3.05, 3.63) is 68.8 Å². The molecule has 1 fully saturated rings. The minimum atomic E-state index is -0.708. The fourth-order valence-electron chi connectivity index (χ4n) is 3.83. The van der Waals surface area contributed by atoms with Crippen molar-refractivity contribution in [2.24, 2.45) is 0 Å². The smallest absolute Gasteiger partial charge is 0.283 e. The molecule has 0 aliphatic carbocycles. The molecule has 2 aromatic rings. The number of hydrogen-bond donors (Lipinski definition) is 1. The van der Waals surface area contributed by atoms with Gasteiger partial charge in [-0.05, 0) is 43.2 Å². The van der Waals surface area contributed by atoms with Gasteiger partial charge in [-0.25, -0.2) is 4.90 Å². The van der Waals surface area contributed by atoms with E-state index in [1.54, 1.807) is 36.4 Å². The van der Waals surface area contributed by atoms with Crippen molar-refractivity contribution in [2.45, 2.75) is 25.7 Å². The zero-order valence-electron chi connectivity index (χ0n) is 17.0. The molecule has 3 amide bonds. The van der Waals surface area contributed by atoms with Crippen molar-refractivity contribution >= 4 is 63.9 Å². The number of halogens is 3. The van der Waals surface area contributed by atoms with Crippen LogP contribution in [0.3, 0.4) is 0 Å². The second kappa shape index (κ2) is 9.53. The van der Waals surface area contributed by atoms with Crippen molar-refractivity contribution in [3.63, 3.8) is 0 Å². The second-order valence-electron chi connectivity index (χ2n) is 7.62. The summed E-state index contributed by atoms with van der Waals surface area (Å²) in [6.45, 7) is 1.46. The Morgan fingerprint density at radius 2 is 1.56 bits per heavy atom. The van der Waals surface area contributed by atoms with Gasteiger partial charge in [0.05, 0.1) is 15.7 Å². The van der Waals surface area contributed by atoms with Crippen LogP contribution in [-0.2, 0) is 9.59 Å². The molecule has 2 aromatic carbocycles. The molecule has 6 nitrogen and oxygen atoms in total. The molecule has 0 aromatic heterocycles. The van der Waals surface area contributed by atoms with Crippen LogP contribution >= 0.6 is 34.8 Å². The minimum Gasteiger partial charge on any atom is -0.350 e. The lowest BCUT2D eigenvalue weighted by atomic mass is 10.1. The first-order valence-electron chi connectivity index (χ1n) is 10.3. The van der Waals surface area contributed by atoms with E-state index in [1.165, 1.54) is 6.07 Å². The van der Waals surface area contributed by atoms with E-state index in [2.05, 4.69) is 5.32 Å². The summed E-state index contributed by atoms with van der Waals surface area (Å²) in [5, 5.41) is 2.92. The average molecular weight is 493 g/mol. The van der Waals surface area contributed by atoms with Gasteiger partial charge in [0, 0.05) is 24.3 Å². The maximum Gasteiger partial charge on any atom is 0.283 e. The SMILES string of the molecule is O=C(c1cccc(NC2=C(Cl)C(=O)N(c3cccc(Cl)c3Cl)C2=O)c1)N1CCCCCC1. The van der Waals surface area contributed by atoms with Gasteiger partial charge in [-0.3, -0.25) is 14.4 Å². The Balaban J connectivity index is 1.57. The average Bonchev–Trinajstić information content (AvgIpc) is 3.00. The van der Waals surface area contributed by atoms with Crippen molar-refractivity contribution in [1.29, 1.82) is 0 Å². The molecule has 0 saturated carbocycles. The Hall–Kier alpha value is -2.54. The monoisotopic (exact) mass is 491 g/mol. The molecule has 1 N–H and O–H groups in total. The molecular formula is C23H20Cl3N3O3. The first-order valence-corrected chi connectivity index (χ1v) is 11.4. The summed E-state index contributed by atoms with van der Waals surface area (Å²) >= 11 is 18.4. The van der Waals surface area contributed by atoms with Crippen LogP contribution in [0.2, 0.25) is 10.0 Å². The Morgan fingerprint density at radius 3 is 2.28 bits per heavy atom. The molecule has 0 radical (unpaired) electrons. The molecule has 32 heavy (non-hydrogen) atoms. The van der Waals surface area contributed by atoms with Crippen LogP contribution in [0.15, 0.2) is 53.2 Å². The Kier molecular flexibility index (Phi) is 6.74. The molecule has 0 bridgehead atoms. The van der Waals surface area contributed by atoms with Crippen molar-refractivity contribution in [1.82, 2.24) is 4.90 Å². The number of nitrogens with one attached hydrogen (secondary N) is 1. The number of carbonyl (C=O) groups is 3. The number of carbonyl (C=O) groups excluding carboxylic acids is 3. The van der Waals surface area contributed by atoms with Crippen LogP contribution in [0.1, 0.15) is 36.0 Å². The van der Waals surface area contributed by atoms with Gasteiger partial charge in [-0.2, -0.15) is 0 Å². The first-order chi connectivity index (χ1) is 15.4. The predicted octanol–water partition coefficient (Wildman–Crippen LogP) is 5.45. The molecule has 0 unspecified atom stereocenters. The summed E-state index contributed by atoms with van der Waals surface area (Å²) in [5.41, 5.74) is 1.03. The molecule has 2 aliphatic rings. The van der Waals surface area contributed by atoms with Crippen molar-refractivity contribution in [3.8, 4) is 0 Å². The van der Waals surface area contributed by atoms with E-state index in [4.69, 9.17) is 34.8 Å². The van der Waals surface area contributed by atoms with E-state index in [-0.39, 0.29) is 32.4 Å². The fourth-order valence-corrected chi connectivity index (χ4v) is 4.42. The van der Waals surface area contributed by atoms with Crippen LogP contribution in [-0.4, -0.2) is 35.7 Å². The molecule has 1 saturated heterocycles. The molecule has 9 heteroatoms. The number of benzene rings is 2. The zero-order valence-corrected chi connectivity index (χ0v) is 19.3. The van der Waals surface area contributed by atoms with Crippen LogP contribution < -0.4 is 10.2 Å². The molecule has 166 valence electrons. The van der Waals surface area contributed by atoms with Crippen LogP contribution in [0.4, 0.5) is 11.4 Å². The Bertz CT molecular complexity index is 1120. The summed E-state index contributed by atoms with van der Waals surface area (Å²) in [4.78, 5) is 41.4. The third-order valence-corrected chi connectivity index (χ3v) is 6.63. The summed E-state index contributed by atoms with van der Waals surface area (Å²) in [7, 11) is 0. The van der Waals surface area contributed by atoms with E-state index in [0.717, 1.165) is 43.7 Å². The minimum absolute atomic E-state index is 0.0585. The normalized spacial score (nSPS) is 17.1. The van der Waals surface area contributed by atoms with Gasteiger partial charge in [0.25, 0.3) is 17.7 Å². The summed E-state index contributed by atoms with van der Waals surface area (Å²) in [6.07, 6.45) is 4.23. The number of anilines is 2. The highest BCUT2D eigenvalue weighted by Crippen LogP contribution is 2.37. The number of likely N-dealkylation sites (tertiary alicyclic amines) is 1. The van der Waals surface area contributed by atoms with Crippen LogP contribution in [0.5, 0.6) is 0 Å². The number of amides is 3. The van der Waals surface area contributed by atoms with Crippen molar-refractivity contribution < 1.29 is 14.4 Å². The van der Waals surface area contributed by atoms with E-state index < -0.39 is 11.8 Å². The standard InChI is InChI=1S/C23H20Cl3N3O3/c24-16-9-6-10-17(18(16)25)29-22(31)19(26)20(23(29)32)27-15-8-5-7-14(13-15)21(30)28-11-3-1-2-4-12-28/h5-10,13,27H,1-4,11-12H2.